The van der Waals surface area contributed by atoms with E-state index in [1.807, 2.05) is 72.8 Å². The lowest BCUT2D eigenvalue weighted by molar-refractivity contribution is -0.262. The fraction of sp³-hybridized carbons (Fsp3) is 0.533. The molecule has 6 unspecified atom stereocenters. The minimum Gasteiger partial charge on any atom is -0.382 e. The molecule has 0 spiro atoms. The Morgan fingerprint density at radius 1 is 0.639 bits per heavy atom. The summed E-state index contributed by atoms with van der Waals surface area (Å²) in [7, 11) is 3.26. The summed E-state index contributed by atoms with van der Waals surface area (Å²) in [5.74, 6) is 0.212. The molecule has 2 saturated heterocycles. The number of nitrogens with one attached hydrogen (secondary N) is 4. The number of hydrogen-bond donors (Lipinski definition) is 5. The molecule has 2 fully saturated rings. The third kappa shape index (κ3) is 19.9. The van der Waals surface area contributed by atoms with Crippen LogP contribution in [0.2, 0.25) is 0 Å². The Labute approximate surface area is 363 Å². The fourth-order valence-electron chi connectivity index (χ4n) is 6.77. The van der Waals surface area contributed by atoms with Crippen molar-refractivity contribution in [2.24, 2.45) is 0 Å². The number of methoxy groups -OCH3 is 1. The minimum absolute atomic E-state index is 0.0582. The standard InChI is InChI=1S/C25H33N3O4S.C20H30N2O6/c1-26-23(29)11-7-2-3-8-12-24(30)28-25-31-20(18-33-21-13-15-27-16-14-21)17-22(32-25)19-9-5-4-6-10-19;1-26-14-16-13-17(15-9-5-4-6-10-15)28-20(27-16)21-18(23)11-7-2-3-8-12-19(24)22-25/h4-6,9-10,13-16,20,22,25H,2-3,7-8,11-12,17-18H2,1H3,(H,26,29)(H,28,30);4-6,9-10,16-17,20,25H,2-3,7-8,11-14H2,1H3,(H,21,23)(H,22,24). The smallest absolute Gasteiger partial charge is 0.243 e. The van der Waals surface area contributed by atoms with E-state index in [1.165, 1.54) is 0 Å². The van der Waals surface area contributed by atoms with E-state index in [1.54, 1.807) is 43.8 Å². The number of carbonyl (C=O) groups excluding carboxylic acids is 4. The first-order valence-electron chi connectivity index (χ1n) is 21.2. The zero-order valence-corrected chi connectivity index (χ0v) is 36.2. The van der Waals surface area contributed by atoms with Gasteiger partial charge in [-0.2, -0.15) is 0 Å². The summed E-state index contributed by atoms with van der Waals surface area (Å²) in [5, 5.41) is 16.7. The largest absolute Gasteiger partial charge is 0.382 e. The molecule has 5 rings (SSSR count). The third-order valence-electron chi connectivity index (χ3n) is 10.0. The quantitative estimate of drug-likeness (QED) is 0.0296. The first-order chi connectivity index (χ1) is 29.8. The van der Waals surface area contributed by atoms with Crippen molar-refractivity contribution in [3.63, 3.8) is 0 Å². The molecule has 15 nitrogen and oxygen atoms in total. The van der Waals surface area contributed by atoms with Gasteiger partial charge in [-0.3, -0.25) is 29.4 Å². The number of hydrogen-bond acceptors (Lipinski definition) is 12. The third-order valence-corrected chi connectivity index (χ3v) is 11.2. The van der Waals surface area contributed by atoms with Gasteiger partial charge >= 0.3 is 0 Å². The lowest BCUT2D eigenvalue weighted by atomic mass is 10.0. The maximum absolute atomic E-state index is 12.5. The van der Waals surface area contributed by atoms with Crippen molar-refractivity contribution < 1.29 is 48.1 Å². The summed E-state index contributed by atoms with van der Waals surface area (Å²) in [4.78, 5) is 52.0. The Kier molecular flexibility index (Phi) is 23.4. The van der Waals surface area contributed by atoms with Crippen molar-refractivity contribution in [2.75, 3.05) is 26.5 Å². The predicted octanol–water partition coefficient (Wildman–Crippen LogP) is 6.63. The average Bonchev–Trinajstić information content (AvgIpc) is 3.29. The molecule has 61 heavy (non-hydrogen) atoms. The van der Waals surface area contributed by atoms with E-state index in [0.717, 1.165) is 66.7 Å². The molecule has 6 atom stereocenters. The number of pyridine rings is 1. The molecule has 2 aliphatic rings. The van der Waals surface area contributed by atoms with E-state index < -0.39 is 12.8 Å². The van der Waals surface area contributed by atoms with Crippen LogP contribution in [0.3, 0.4) is 0 Å². The van der Waals surface area contributed by atoms with E-state index in [2.05, 4.69) is 20.9 Å². The van der Waals surface area contributed by atoms with Gasteiger partial charge in [0.05, 0.1) is 31.0 Å². The van der Waals surface area contributed by atoms with Crippen LogP contribution in [0.4, 0.5) is 0 Å². The number of thioether (sulfide) groups is 1. The first-order valence-corrected chi connectivity index (χ1v) is 22.2. The average molecular weight is 866 g/mol. The Balaban J connectivity index is 0.000000272. The highest BCUT2D eigenvalue weighted by Gasteiger charge is 2.33. The van der Waals surface area contributed by atoms with Gasteiger partial charge < -0.3 is 39.6 Å². The summed E-state index contributed by atoms with van der Waals surface area (Å²) in [6.45, 7) is 0.431. The van der Waals surface area contributed by atoms with Crippen LogP contribution < -0.4 is 21.4 Å². The molecule has 2 aliphatic heterocycles. The maximum Gasteiger partial charge on any atom is 0.243 e. The second-order valence-electron chi connectivity index (χ2n) is 14.8. The Morgan fingerprint density at radius 2 is 1.10 bits per heavy atom. The minimum atomic E-state index is -0.806. The molecular formula is C45H63N5O10S. The van der Waals surface area contributed by atoms with E-state index in [9.17, 15) is 19.2 Å². The van der Waals surface area contributed by atoms with Crippen molar-refractivity contribution in [1.82, 2.24) is 26.4 Å². The Morgan fingerprint density at radius 3 is 1.57 bits per heavy atom. The van der Waals surface area contributed by atoms with Crippen LogP contribution in [0.15, 0.2) is 90.1 Å². The lowest BCUT2D eigenvalue weighted by Gasteiger charge is -2.36. The fourth-order valence-corrected chi connectivity index (χ4v) is 7.68. The van der Waals surface area contributed by atoms with Gasteiger partial charge in [0.25, 0.3) is 0 Å². The van der Waals surface area contributed by atoms with Gasteiger partial charge in [0, 0.05) is 75.7 Å². The van der Waals surface area contributed by atoms with Gasteiger partial charge in [0.15, 0.2) is 0 Å². The van der Waals surface area contributed by atoms with Crippen LogP contribution >= 0.6 is 11.8 Å². The molecule has 0 saturated carbocycles. The Bertz CT molecular complexity index is 1700. The molecule has 3 heterocycles. The number of hydroxylamine groups is 1. The number of benzene rings is 2. The number of unbranched alkanes of at least 4 members (excludes halogenated alkanes) is 6. The van der Waals surface area contributed by atoms with Crippen LogP contribution in [-0.4, -0.2) is 85.4 Å². The monoisotopic (exact) mass is 865 g/mol. The summed E-state index contributed by atoms with van der Waals surface area (Å²) in [6, 6.07) is 23.9. The number of carbonyl (C=O) groups is 4. The molecule has 16 heteroatoms. The molecule has 334 valence electrons. The molecular weight excluding hydrogens is 803 g/mol. The number of nitrogens with zero attached hydrogens (tertiary/aromatic N) is 1. The summed E-state index contributed by atoms with van der Waals surface area (Å²) in [5.41, 5.74) is 3.73. The van der Waals surface area contributed by atoms with E-state index in [-0.39, 0.29) is 54.5 Å². The highest BCUT2D eigenvalue weighted by atomic mass is 32.2. The van der Waals surface area contributed by atoms with Crippen molar-refractivity contribution in [1.29, 1.82) is 0 Å². The second kappa shape index (κ2) is 29.0. The topological polar surface area (TPSA) is 196 Å². The molecule has 0 aliphatic carbocycles. The molecule has 0 radical (unpaired) electrons. The zero-order chi connectivity index (χ0) is 43.5. The number of amides is 4. The molecule has 1 aromatic heterocycles. The van der Waals surface area contributed by atoms with Crippen molar-refractivity contribution in [2.45, 2.75) is 132 Å². The van der Waals surface area contributed by atoms with Gasteiger partial charge in [0.1, 0.15) is 0 Å². The second-order valence-corrected chi connectivity index (χ2v) is 15.9. The van der Waals surface area contributed by atoms with Gasteiger partial charge in [-0.15, -0.1) is 11.8 Å². The Hall–Kier alpha value is -4.42. The highest BCUT2D eigenvalue weighted by Crippen LogP contribution is 2.33. The van der Waals surface area contributed by atoms with E-state index >= 15 is 0 Å². The van der Waals surface area contributed by atoms with Gasteiger partial charge in [-0.1, -0.05) is 86.3 Å². The van der Waals surface area contributed by atoms with Crippen molar-refractivity contribution in [3.05, 3.63) is 96.3 Å². The van der Waals surface area contributed by atoms with Crippen LogP contribution in [0.5, 0.6) is 0 Å². The van der Waals surface area contributed by atoms with Crippen LogP contribution in [0.25, 0.3) is 0 Å². The van der Waals surface area contributed by atoms with Crippen molar-refractivity contribution >= 4 is 35.4 Å². The van der Waals surface area contributed by atoms with Crippen molar-refractivity contribution in [3.8, 4) is 0 Å². The van der Waals surface area contributed by atoms with Gasteiger partial charge in [-0.25, -0.2) is 5.48 Å². The highest BCUT2D eigenvalue weighted by molar-refractivity contribution is 7.99. The zero-order valence-electron chi connectivity index (χ0n) is 35.3. The summed E-state index contributed by atoms with van der Waals surface area (Å²) in [6.07, 6.45) is 10.9. The SMILES string of the molecule is CNC(=O)CCCCCCC(=O)NC1OC(CSc2ccncc2)CC(c2ccccc2)O1.COCC1CC(c2ccccc2)OC(NC(=O)CCCCCCC(=O)NO)O1. The number of rotatable bonds is 23. The first kappa shape index (κ1) is 49.2. The molecule has 0 bridgehead atoms. The molecule has 2 aromatic carbocycles. The summed E-state index contributed by atoms with van der Waals surface area (Å²) < 4.78 is 29.1. The van der Waals surface area contributed by atoms with E-state index in [4.69, 9.17) is 28.9 Å². The molecule has 5 N–H and O–H groups in total. The normalized spacial score (nSPS) is 21.0. The molecule has 3 aromatic rings. The summed E-state index contributed by atoms with van der Waals surface area (Å²) >= 11 is 1.71. The van der Waals surface area contributed by atoms with Gasteiger partial charge in [0.2, 0.25) is 36.5 Å². The lowest BCUT2D eigenvalue weighted by Crippen LogP contribution is -2.46. The van der Waals surface area contributed by atoms with E-state index in [0.29, 0.717) is 45.1 Å². The van der Waals surface area contributed by atoms with Crippen LogP contribution in [0, 0.1) is 0 Å². The number of aromatic nitrogens is 1. The van der Waals surface area contributed by atoms with Crippen LogP contribution in [-0.2, 0) is 42.9 Å². The molecule has 4 amide bonds. The number of ether oxygens (including phenoxy) is 5. The van der Waals surface area contributed by atoms with Crippen LogP contribution in [0.1, 0.15) is 113 Å². The predicted molar refractivity (Wildman–Crippen MR) is 230 cm³/mol. The van der Waals surface area contributed by atoms with Gasteiger partial charge in [-0.05, 0) is 48.9 Å². The maximum atomic E-state index is 12.5.